The zero-order chi connectivity index (χ0) is 25.9. The van der Waals surface area contributed by atoms with Gasteiger partial charge in [0.25, 0.3) is 0 Å². The van der Waals surface area contributed by atoms with Gasteiger partial charge in [-0.05, 0) is 33.7 Å². The summed E-state index contributed by atoms with van der Waals surface area (Å²) in [4.78, 5) is 25.8. The fourth-order valence-corrected chi connectivity index (χ4v) is 4.89. The summed E-state index contributed by atoms with van der Waals surface area (Å²) in [6, 6.07) is 22.1. The number of rotatable bonds is 4. The molecule has 0 spiro atoms. The molecule has 6 aromatic rings. The highest BCUT2D eigenvalue weighted by Crippen LogP contribution is 2.46. The number of carbonyl (C=O) groups is 2. The Morgan fingerprint density at radius 3 is 1.73 bits per heavy atom. The van der Waals surface area contributed by atoms with E-state index in [1.54, 1.807) is 12.1 Å². The molecule has 6 rings (SSSR count). The van der Waals surface area contributed by atoms with Crippen LogP contribution in [0.25, 0.3) is 54.6 Å². The molecular weight excluding hydrogens is 539 g/mol. The molecule has 0 radical (unpaired) electrons. The Bertz CT molecular complexity index is 1880. The van der Waals surface area contributed by atoms with Crippen molar-refractivity contribution in [1.82, 2.24) is 0 Å². The van der Waals surface area contributed by atoms with Gasteiger partial charge >= 0.3 is 11.9 Å². The lowest BCUT2D eigenvalue weighted by molar-refractivity contribution is 0.0479. The lowest BCUT2D eigenvalue weighted by atomic mass is 9.93. The van der Waals surface area contributed by atoms with Gasteiger partial charge < -0.3 is 18.7 Å². The summed E-state index contributed by atoms with van der Waals surface area (Å²) in [6.07, 6.45) is 0. The summed E-state index contributed by atoms with van der Waals surface area (Å²) < 4.78 is 15.3. The first-order chi connectivity index (χ1) is 17.7. The first-order valence-electron chi connectivity index (χ1n) is 11.1. The van der Waals surface area contributed by atoms with E-state index >= 15 is 0 Å². The van der Waals surface area contributed by atoms with E-state index in [-0.39, 0.29) is 22.6 Å². The highest BCUT2D eigenvalue weighted by atomic mass is 35.6. The van der Waals surface area contributed by atoms with Gasteiger partial charge in [0.15, 0.2) is 0 Å². The molecular formula is C28H15Cl3O6. The van der Waals surface area contributed by atoms with Gasteiger partial charge in [-0.15, -0.1) is 0 Å². The van der Waals surface area contributed by atoms with Crippen molar-refractivity contribution in [3.8, 4) is 11.1 Å². The molecule has 0 fully saturated rings. The van der Waals surface area contributed by atoms with Crippen LogP contribution in [-0.2, 0) is 4.74 Å². The maximum absolute atomic E-state index is 13.3. The second-order valence-electron chi connectivity index (χ2n) is 8.43. The van der Waals surface area contributed by atoms with Crippen molar-refractivity contribution in [3.05, 3.63) is 84.3 Å². The molecule has 0 amide bonds. The van der Waals surface area contributed by atoms with Crippen LogP contribution in [0.5, 0.6) is 0 Å². The molecule has 0 unspecified atom stereocenters. The van der Waals surface area contributed by atoms with Crippen molar-refractivity contribution in [2.75, 3.05) is 6.61 Å². The van der Waals surface area contributed by atoms with Crippen molar-refractivity contribution in [3.63, 3.8) is 0 Å². The van der Waals surface area contributed by atoms with Crippen molar-refractivity contribution >= 4 is 90.2 Å². The maximum atomic E-state index is 13.3. The van der Waals surface area contributed by atoms with Gasteiger partial charge in [0, 0.05) is 21.9 Å². The van der Waals surface area contributed by atoms with E-state index in [0.29, 0.717) is 21.9 Å². The van der Waals surface area contributed by atoms with Gasteiger partial charge in [0.2, 0.25) is 15.3 Å². The van der Waals surface area contributed by atoms with Crippen molar-refractivity contribution < 1.29 is 28.3 Å². The van der Waals surface area contributed by atoms with Crippen LogP contribution in [0, 0.1) is 0 Å². The molecule has 184 valence electrons. The third-order valence-electron chi connectivity index (χ3n) is 6.16. The standard InChI is InChI=1S/C28H15Cl3O6/c29-28(30,31)13-35-27(34)25-23(21-17-8-4-2-6-15(17)10-12-19(21)37-25)22-20-16-7-3-1-5-14(16)9-11-18(20)36-24(22)26(32)33/h1-12H,13H2,(H,32,33). The van der Waals surface area contributed by atoms with Crippen molar-refractivity contribution in [1.29, 1.82) is 0 Å². The topological polar surface area (TPSA) is 89.9 Å². The molecule has 0 aliphatic heterocycles. The average Bonchev–Trinajstić information content (AvgIpc) is 3.46. The van der Waals surface area contributed by atoms with Crippen molar-refractivity contribution in [2.24, 2.45) is 0 Å². The van der Waals surface area contributed by atoms with E-state index in [1.807, 2.05) is 60.7 Å². The minimum Gasteiger partial charge on any atom is -0.475 e. The average molecular weight is 554 g/mol. The number of ether oxygens (including phenoxy) is 1. The van der Waals surface area contributed by atoms with Crippen LogP contribution >= 0.6 is 34.8 Å². The SMILES string of the molecule is O=C(O)c1oc2ccc3ccccc3c2c1-c1c(C(=O)OCC(Cl)(Cl)Cl)oc2ccc3ccccc3c12. The summed E-state index contributed by atoms with van der Waals surface area (Å²) in [5.41, 5.74) is 1.14. The van der Waals surface area contributed by atoms with Crippen LogP contribution in [-0.4, -0.2) is 27.4 Å². The Hall–Kier alpha value is -3.71. The van der Waals surface area contributed by atoms with Crippen LogP contribution in [0.3, 0.4) is 0 Å². The minimum atomic E-state index is -1.85. The molecule has 0 aliphatic carbocycles. The van der Waals surface area contributed by atoms with Crippen LogP contribution < -0.4 is 0 Å². The number of alkyl halides is 3. The quantitative estimate of drug-likeness (QED) is 0.174. The number of carboxylic acid groups (broad SMARTS) is 1. The van der Waals surface area contributed by atoms with Gasteiger partial charge in [-0.1, -0.05) is 95.5 Å². The number of benzene rings is 4. The van der Waals surface area contributed by atoms with E-state index in [4.69, 9.17) is 48.4 Å². The molecule has 6 nitrogen and oxygen atoms in total. The fourth-order valence-electron chi connectivity index (χ4n) is 4.72. The number of halogens is 3. The summed E-state index contributed by atoms with van der Waals surface area (Å²) in [5, 5.41) is 14.5. The van der Waals surface area contributed by atoms with Gasteiger partial charge in [0.05, 0.1) is 0 Å². The molecule has 0 saturated heterocycles. The molecule has 1 N–H and O–H groups in total. The smallest absolute Gasteiger partial charge is 0.375 e. The Balaban J connectivity index is 1.78. The summed E-state index contributed by atoms with van der Waals surface area (Å²) in [5.74, 6) is -2.77. The van der Waals surface area contributed by atoms with E-state index in [1.165, 1.54) is 0 Å². The number of furan rings is 2. The van der Waals surface area contributed by atoms with E-state index < -0.39 is 22.3 Å². The Labute approximate surface area is 223 Å². The first kappa shape index (κ1) is 23.7. The number of carbonyl (C=O) groups excluding carboxylic acids is 1. The van der Waals surface area contributed by atoms with E-state index in [9.17, 15) is 14.7 Å². The lowest BCUT2D eigenvalue weighted by Crippen LogP contribution is -2.17. The number of fused-ring (bicyclic) bond motifs is 6. The maximum Gasteiger partial charge on any atom is 0.375 e. The van der Waals surface area contributed by atoms with Crippen LogP contribution in [0.4, 0.5) is 0 Å². The highest BCUT2D eigenvalue weighted by Gasteiger charge is 2.33. The second kappa shape index (κ2) is 8.70. The lowest BCUT2D eigenvalue weighted by Gasteiger charge is -2.11. The van der Waals surface area contributed by atoms with Crippen molar-refractivity contribution in [2.45, 2.75) is 3.79 Å². The molecule has 0 saturated carbocycles. The van der Waals surface area contributed by atoms with Gasteiger partial charge in [-0.3, -0.25) is 0 Å². The number of hydrogen-bond donors (Lipinski definition) is 1. The third-order valence-corrected chi connectivity index (χ3v) is 6.48. The number of hydrogen-bond acceptors (Lipinski definition) is 5. The summed E-state index contributed by atoms with van der Waals surface area (Å²) >= 11 is 17.4. The Morgan fingerprint density at radius 2 is 1.22 bits per heavy atom. The Kier molecular flexibility index (Phi) is 5.57. The molecule has 4 aromatic carbocycles. The number of aromatic carboxylic acids is 1. The molecule has 0 atom stereocenters. The van der Waals surface area contributed by atoms with Crippen LogP contribution in [0.1, 0.15) is 21.1 Å². The fraction of sp³-hybridized carbons (Fsp3) is 0.0714. The first-order valence-corrected chi connectivity index (χ1v) is 12.2. The molecule has 2 heterocycles. The third kappa shape index (κ3) is 3.98. The summed E-state index contributed by atoms with van der Waals surface area (Å²) in [6.45, 7) is -0.533. The van der Waals surface area contributed by atoms with Gasteiger partial charge in [-0.25, -0.2) is 9.59 Å². The molecule has 9 heteroatoms. The monoisotopic (exact) mass is 552 g/mol. The Morgan fingerprint density at radius 1 is 0.730 bits per heavy atom. The molecule has 2 aromatic heterocycles. The van der Waals surface area contributed by atoms with Gasteiger partial charge in [-0.2, -0.15) is 0 Å². The predicted octanol–water partition coefficient (Wildman–Crippen LogP) is 8.38. The molecule has 0 aliphatic rings. The molecule has 37 heavy (non-hydrogen) atoms. The largest absolute Gasteiger partial charge is 0.475 e. The zero-order valence-electron chi connectivity index (χ0n) is 18.8. The van der Waals surface area contributed by atoms with E-state index in [2.05, 4.69) is 0 Å². The predicted molar refractivity (Wildman–Crippen MR) is 144 cm³/mol. The highest BCUT2D eigenvalue weighted by molar-refractivity contribution is 6.67. The second-order valence-corrected chi connectivity index (χ2v) is 10.9. The van der Waals surface area contributed by atoms with Gasteiger partial charge in [0.1, 0.15) is 17.8 Å². The van der Waals surface area contributed by atoms with E-state index in [0.717, 1.165) is 21.5 Å². The van der Waals surface area contributed by atoms with Crippen LogP contribution in [0.15, 0.2) is 81.6 Å². The summed E-state index contributed by atoms with van der Waals surface area (Å²) in [7, 11) is 0. The number of carboxylic acids is 1. The molecule has 0 bridgehead atoms. The minimum absolute atomic E-state index is 0.204. The zero-order valence-corrected chi connectivity index (χ0v) is 21.0. The number of esters is 1. The van der Waals surface area contributed by atoms with Crippen LogP contribution in [0.2, 0.25) is 0 Å². The normalized spacial score (nSPS) is 12.1.